The van der Waals surface area contributed by atoms with Crippen LogP contribution >= 0.6 is 0 Å². The fourth-order valence-electron chi connectivity index (χ4n) is 2.57. The molecule has 3 nitrogen and oxygen atoms in total. The summed E-state index contributed by atoms with van der Waals surface area (Å²) in [5.41, 5.74) is 0.0589. The largest absolute Gasteiger partial charge is 0.383 e. The summed E-state index contributed by atoms with van der Waals surface area (Å²) in [4.78, 5) is 4.42. The predicted molar refractivity (Wildman–Crippen MR) is 67.7 cm³/mol. The van der Waals surface area contributed by atoms with Crippen molar-refractivity contribution in [2.45, 2.75) is 18.4 Å². The quantitative estimate of drug-likeness (QED) is 0.782. The lowest BCUT2D eigenvalue weighted by Crippen LogP contribution is -2.40. The molecule has 0 saturated carbocycles. The zero-order valence-electron chi connectivity index (χ0n) is 9.69. The number of nitrogens with one attached hydrogen (secondary N) is 1. The second kappa shape index (κ2) is 4.09. The molecule has 1 aliphatic rings. The van der Waals surface area contributed by atoms with Gasteiger partial charge in [0.05, 0.1) is 5.69 Å². The number of fused-ring (bicyclic) bond motifs is 1. The van der Waals surface area contributed by atoms with Gasteiger partial charge in [-0.25, -0.2) is 0 Å². The topological polar surface area (TPSA) is 45.2 Å². The average Bonchev–Trinajstić information content (AvgIpc) is 2.39. The van der Waals surface area contributed by atoms with Crippen molar-refractivity contribution in [2.24, 2.45) is 0 Å². The molecule has 0 bridgehead atoms. The van der Waals surface area contributed by atoms with E-state index in [1.54, 1.807) is 6.20 Å². The van der Waals surface area contributed by atoms with Gasteiger partial charge in [-0.2, -0.15) is 0 Å². The molecule has 1 fully saturated rings. The first-order chi connectivity index (χ1) is 8.30. The molecule has 3 heteroatoms. The molecule has 88 valence electrons. The second-order valence-electron chi connectivity index (χ2n) is 4.66. The van der Waals surface area contributed by atoms with Crippen LogP contribution in [0.2, 0.25) is 0 Å². The summed E-state index contributed by atoms with van der Waals surface area (Å²) in [7, 11) is 0. The summed E-state index contributed by atoms with van der Waals surface area (Å²) >= 11 is 0. The highest BCUT2D eigenvalue weighted by Crippen LogP contribution is 2.33. The Bertz CT molecular complexity index is 527. The molecule has 1 aliphatic heterocycles. The lowest BCUT2D eigenvalue weighted by Gasteiger charge is -2.32. The van der Waals surface area contributed by atoms with Crippen molar-refractivity contribution in [3.8, 4) is 0 Å². The first-order valence-corrected chi connectivity index (χ1v) is 6.07. The molecule has 2 aromatic rings. The van der Waals surface area contributed by atoms with Crippen LogP contribution in [0.25, 0.3) is 10.8 Å². The number of nitrogens with zero attached hydrogens (tertiary/aromatic N) is 1. The van der Waals surface area contributed by atoms with E-state index in [4.69, 9.17) is 0 Å². The van der Waals surface area contributed by atoms with Crippen molar-refractivity contribution < 1.29 is 5.11 Å². The van der Waals surface area contributed by atoms with E-state index in [9.17, 15) is 5.11 Å². The van der Waals surface area contributed by atoms with Crippen LogP contribution in [0.3, 0.4) is 0 Å². The Morgan fingerprint density at radius 2 is 1.88 bits per heavy atom. The van der Waals surface area contributed by atoms with E-state index in [0.29, 0.717) is 0 Å². The van der Waals surface area contributed by atoms with Gasteiger partial charge in [-0.3, -0.25) is 4.98 Å². The van der Waals surface area contributed by atoms with Gasteiger partial charge in [0.2, 0.25) is 0 Å². The fraction of sp³-hybridized carbons (Fsp3) is 0.357. The van der Waals surface area contributed by atoms with Crippen molar-refractivity contribution >= 4 is 10.8 Å². The highest BCUT2D eigenvalue weighted by molar-refractivity contribution is 5.85. The van der Waals surface area contributed by atoms with E-state index in [1.807, 2.05) is 24.3 Å². The Morgan fingerprint density at radius 3 is 2.71 bits per heavy atom. The first-order valence-electron chi connectivity index (χ1n) is 6.07. The number of hydrogen-bond acceptors (Lipinski definition) is 3. The predicted octanol–water partition coefficient (Wildman–Crippen LogP) is 1.81. The molecule has 1 aromatic heterocycles. The molecule has 0 unspecified atom stereocenters. The maximum absolute atomic E-state index is 10.7. The number of pyridine rings is 1. The summed E-state index contributed by atoms with van der Waals surface area (Å²) < 4.78 is 0. The maximum atomic E-state index is 10.7. The molecule has 17 heavy (non-hydrogen) atoms. The number of aliphatic hydroxyl groups is 1. The van der Waals surface area contributed by atoms with Crippen LogP contribution in [-0.4, -0.2) is 23.2 Å². The Labute approximate surface area is 100 Å². The minimum atomic E-state index is -0.772. The van der Waals surface area contributed by atoms with Crippen molar-refractivity contribution in [1.29, 1.82) is 0 Å². The normalized spacial score (nSPS) is 19.4. The van der Waals surface area contributed by atoms with Gasteiger partial charge in [0.15, 0.2) is 0 Å². The van der Waals surface area contributed by atoms with Crippen LogP contribution < -0.4 is 5.32 Å². The highest BCUT2D eigenvalue weighted by atomic mass is 16.3. The number of aromatic nitrogens is 1. The Morgan fingerprint density at radius 1 is 1.12 bits per heavy atom. The zero-order valence-corrected chi connectivity index (χ0v) is 9.69. The third-order valence-corrected chi connectivity index (χ3v) is 3.55. The van der Waals surface area contributed by atoms with Crippen LogP contribution in [0, 0.1) is 0 Å². The van der Waals surface area contributed by atoms with Crippen LogP contribution in [0.4, 0.5) is 0 Å². The maximum Gasteiger partial charge on any atom is 0.110 e. The third-order valence-electron chi connectivity index (χ3n) is 3.55. The molecular weight excluding hydrogens is 212 g/mol. The van der Waals surface area contributed by atoms with Gasteiger partial charge in [0, 0.05) is 11.6 Å². The number of rotatable bonds is 1. The highest BCUT2D eigenvalue weighted by Gasteiger charge is 2.33. The molecule has 1 saturated heterocycles. The molecule has 2 heterocycles. The molecule has 1 aromatic carbocycles. The SMILES string of the molecule is OC1(c2nccc3ccccc23)CCNCC1. The van der Waals surface area contributed by atoms with E-state index in [1.165, 1.54) is 0 Å². The van der Waals surface area contributed by atoms with E-state index in [2.05, 4.69) is 16.4 Å². The van der Waals surface area contributed by atoms with Crippen LogP contribution in [0.5, 0.6) is 0 Å². The number of hydrogen-bond donors (Lipinski definition) is 2. The monoisotopic (exact) mass is 228 g/mol. The number of piperidine rings is 1. The van der Waals surface area contributed by atoms with Gasteiger partial charge in [-0.05, 0) is 37.4 Å². The van der Waals surface area contributed by atoms with E-state index in [-0.39, 0.29) is 0 Å². The van der Waals surface area contributed by atoms with Gasteiger partial charge in [-0.15, -0.1) is 0 Å². The Balaban J connectivity index is 2.16. The third kappa shape index (κ3) is 1.81. The summed E-state index contributed by atoms with van der Waals surface area (Å²) in [5, 5.41) is 16.2. The molecule has 0 amide bonds. The van der Waals surface area contributed by atoms with Gasteiger partial charge in [0.1, 0.15) is 5.60 Å². The average molecular weight is 228 g/mol. The Hall–Kier alpha value is -1.45. The van der Waals surface area contributed by atoms with Crippen molar-refractivity contribution in [1.82, 2.24) is 10.3 Å². The van der Waals surface area contributed by atoms with E-state index in [0.717, 1.165) is 42.4 Å². The molecule has 0 radical (unpaired) electrons. The lowest BCUT2D eigenvalue weighted by atomic mass is 9.86. The van der Waals surface area contributed by atoms with Gasteiger partial charge in [-0.1, -0.05) is 24.3 Å². The zero-order chi connectivity index (χ0) is 11.7. The Kier molecular flexibility index (Phi) is 2.57. The minimum absolute atomic E-state index is 0.730. The molecule has 0 spiro atoms. The van der Waals surface area contributed by atoms with Crippen molar-refractivity contribution in [3.63, 3.8) is 0 Å². The number of benzene rings is 1. The molecule has 3 rings (SSSR count). The second-order valence-corrected chi connectivity index (χ2v) is 4.66. The van der Waals surface area contributed by atoms with E-state index < -0.39 is 5.60 Å². The van der Waals surface area contributed by atoms with Gasteiger partial charge < -0.3 is 10.4 Å². The molecule has 0 atom stereocenters. The standard InChI is InChI=1S/C14H16N2O/c17-14(6-9-15-10-7-14)13-12-4-2-1-3-11(12)5-8-16-13/h1-5,8,15,17H,6-7,9-10H2. The summed E-state index contributed by atoms with van der Waals surface area (Å²) in [6, 6.07) is 10.1. The smallest absolute Gasteiger partial charge is 0.110 e. The minimum Gasteiger partial charge on any atom is -0.383 e. The van der Waals surface area contributed by atoms with Crippen molar-refractivity contribution in [2.75, 3.05) is 13.1 Å². The van der Waals surface area contributed by atoms with Crippen LogP contribution in [0.15, 0.2) is 36.5 Å². The van der Waals surface area contributed by atoms with Crippen LogP contribution in [0.1, 0.15) is 18.5 Å². The van der Waals surface area contributed by atoms with Gasteiger partial charge >= 0.3 is 0 Å². The molecule has 2 N–H and O–H groups in total. The molecule has 0 aliphatic carbocycles. The summed E-state index contributed by atoms with van der Waals surface area (Å²) in [6.45, 7) is 1.70. The summed E-state index contributed by atoms with van der Waals surface area (Å²) in [5.74, 6) is 0. The van der Waals surface area contributed by atoms with Gasteiger partial charge in [0.25, 0.3) is 0 Å². The molecular formula is C14H16N2O. The van der Waals surface area contributed by atoms with Crippen LogP contribution in [-0.2, 0) is 5.60 Å². The van der Waals surface area contributed by atoms with E-state index >= 15 is 0 Å². The lowest BCUT2D eigenvalue weighted by molar-refractivity contribution is 0.00341. The first kappa shape index (κ1) is 10.7. The van der Waals surface area contributed by atoms with Crippen molar-refractivity contribution in [3.05, 3.63) is 42.2 Å². The summed E-state index contributed by atoms with van der Waals surface area (Å²) in [6.07, 6.45) is 3.25. The fourth-order valence-corrected chi connectivity index (χ4v) is 2.57.